The smallest absolute Gasteiger partial charge is 0.251 e. The molecule has 0 saturated heterocycles. The topological polar surface area (TPSA) is 50.4 Å². The highest BCUT2D eigenvalue weighted by Crippen LogP contribution is 2.17. The molecule has 0 aliphatic carbocycles. The number of carbonyl (C=O) groups excluding carboxylic acids is 1. The van der Waals surface area contributed by atoms with Gasteiger partial charge in [0.05, 0.1) is 6.61 Å². The Labute approximate surface area is 130 Å². The Bertz CT molecular complexity index is 683. The molecule has 0 radical (unpaired) electrons. The highest BCUT2D eigenvalue weighted by molar-refractivity contribution is 5.94. The summed E-state index contributed by atoms with van der Waals surface area (Å²) >= 11 is 0. The third-order valence-electron chi connectivity index (χ3n) is 3.85. The van der Waals surface area contributed by atoms with Crippen LogP contribution < -0.4 is 10.6 Å². The highest BCUT2D eigenvalue weighted by atomic mass is 16.5. The maximum Gasteiger partial charge on any atom is 0.251 e. The van der Waals surface area contributed by atoms with Gasteiger partial charge in [-0.25, -0.2) is 0 Å². The summed E-state index contributed by atoms with van der Waals surface area (Å²) in [7, 11) is 1.68. The minimum atomic E-state index is -0.0353. The molecule has 22 heavy (non-hydrogen) atoms. The summed E-state index contributed by atoms with van der Waals surface area (Å²) in [6.45, 7) is 2.84. The van der Waals surface area contributed by atoms with Crippen molar-refractivity contribution in [3.8, 4) is 0 Å². The molecule has 0 spiro atoms. The van der Waals surface area contributed by atoms with E-state index in [0.717, 1.165) is 29.8 Å². The molecular formula is C18H20N2O2. The molecule has 114 valence electrons. The van der Waals surface area contributed by atoms with E-state index in [1.165, 1.54) is 11.1 Å². The normalized spacial score (nSPS) is 13.0. The Kier molecular flexibility index (Phi) is 4.51. The Morgan fingerprint density at radius 3 is 2.82 bits per heavy atom. The zero-order valence-electron chi connectivity index (χ0n) is 12.7. The van der Waals surface area contributed by atoms with Crippen LogP contribution in [0.25, 0.3) is 0 Å². The average molecular weight is 296 g/mol. The summed E-state index contributed by atoms with van der Waals surface area (Å²) in [5.74, 6) is -0.0353. The van der Waals surface area contributed by atoms with Gasteiger partial charge in [-0.2, -0.15) is 0 Å². The first-order valence-electron chi connectivity index (χ1n) is 7.44. The van der Waals surface area contributed by atoms with Crippen molar-refractivity contribution in [3.05, 3.63) is 70.3 Å². The lowest BCUT2D eigenvalue weighted by Crippen LogP contribution is -2.23. The summed E-state index contributed by atoms with van der Waals surface area (Å²) in [5.41, 5.74) is 5.40. The number of fused-ring (bicyclic) bond motifs is 1. The van der Waals surface area contributed by atoms with E-state index in [4.69, 9.17) is 4.74 Å². The van der Waals surface area contributed by atoms with Crippen molar-refractivity contribution in [2.75, 3.05) is 7.11 Å². The van der Waals surface area contributed by atoms with Crippen LogP contribution in [0.5, 0.6) is 0 Å². The van der Waals surface area contributed by atoms with Gasteiger partial charge in [-0.15, -0.1) is 0 Å². The Morgan fingerprint density at radius 1 is 1.14 bits per heavy atom. The minimum absolute atomic E-state index is 0.0353. The van der Waals surface area contributed by atoms with Crippen molar-refractivity contribution in [2.24, 2.45) is 0 Å². The van der Waals surface area contributed by atoms with Gasteiger partial charge < -0.3 is 15.4 Å². The molecule has 1 amide bonds. The van der Waals surface area contributed by atoms with Gasteiger partial charge in [-0.1, -0.05) is 30.3 Å². The van der Waals surface area contributed by atoms with Crippen molar-refractivity contribution in [1.29, 1.82) is 0 Å². The molecule has 0 saturated carbocycles. The van der Waals surface area contributed by atoms with Gasteiger partial charge in [0.25, 0.3) is 5.91 Å². The fraction of sp³-hybridized carbons (Fsp3) is 0.278. The van der Waals surface area contributed by atoms with Crippen molar-refractivity contribution in [2.45, 2.75) is 26.2 Å². The van der Waals surface area contributed by atoms with Gasteiger partial charge in [-0.05, 0) is 34.4 Å². The fourth-order valence-corrected chi connectivity index (χ4v) is 2.72. The summed E-state index contributed by atoms with van der Waals surface area (Å²) in [6.07, 6.45) is 0. The lowest BCUT2D eigenvalue weighted by atomic mass is 10.1. The minimum Gasteiger partial charge on any atom is -0.380 e. The summed E-state index contributed by atoms with van der Waals surface area (Å²) in [5, 5.41) is 6.26. The van der Waals surface area contributed by atoms with Gasteiger partial charge in [-0.3, -0.25) is 4.79 Å². The number of methoxy groups -OCH3 is 1. The van der Waals surface area contributed by atoms with E-state index in [1.54, 1.807) is 7.11 Å². The number of ether oxygens (including phenoxy) is 1. The van der Waals surface area contributed by atoms with Gasteiger partial charge in [0.15, 0.2) is 0 Å². The number of nitrogens with one attached hydrogen (secondary N) is 2. The van der Waals surface area contributed by atoms with Gasteiger partial charge >= 0.3 is 0 Å². The SMILES string of the molecule is COCc1cccc(CNC(=O)c2ccc3c(c2)CNC3)c1. The predicted molar refractivity (Wildman–Crippen MR) is 85.3 cm³/mol. The van der Waals surface area contributed by atoms with Crippen molar-refractivity contribution in [3.63, 3.8) is 0 Å². The van der Waals surface area contributed by atoms with Crippen LogP contribution in [0.1, 0.15) is 32.6 Å². The summed E-state index contributed by atoms with van der Waals surface area (Å²) in [6, 6.07) is 14.0. The molecule has 3 rings (SSSR count). The molecule has 0 fully saturated rings. The third-order valence-corrected chi connectivity index (χ3v) is 3.85. The van der Waals surface area contributed by atoms with Crippen LogP contribution in [0.15, 0.2) is 42.5 Å². The van der Waals surface area contributed by atoms with Gasteiger partial charge in [0.2, 0.25) is 0 Å². The molecule has 2 N–H and O–H groups in total. The molecule has 4 heteroatoms. The lowest BCUT2D eigenvalue weighted by molar-refractivity contribution is 0.0951. The predicted octanol–water partition coefficient (Wildman–Crippen LogP) is 2.37. The van der Waals surface area contributed by atoms with Crippen molar-refractivity contribution >= 4 is 5.91 Å². The first kappa shape index (κ1) is 14.8. The number of amides is 1. The lowest BCUT2D eigenvalue weighted by Gasteiger charge is -2.08. The largest absolute Gasteiger partial charge is 0.380 e. The summed E-state index contributed by atoms with van der Waals surface area (Å²) < 4.78 is 5.13. The van der Waals surface area contributed by atoms with Crippen molar-refractivity contribution < 1.29 is 9.53 Å². The van der Waals surface area contributed by atoms with Crippen LogP contribution in [-0.2, 0) is 31.0 Å². The molecule has 1 aliphatic rings. The molecule has 4 nitrogen and oxygen atoms in total. The second-order valence-electron chi connectivity index (χ2n) is 5.52. The maximum atomic E-state index is 12.3. The first-order chi connectivity index (χ1) is 10.8. The fourth-order valence-electron chi connectivity index (χ4n) is 2.72. The second kappa shape index (κ2) is 6.73. The third kappa shape index (κ3) is 3.35. The van der Waals surface area contributed by atoms with Crippen LogP contribution in [0.4, 0.5) is 0 Å². The molecule has 0 atom stereocenters. The zero-order valence-corrected chi connectivity index (χ0v) is 12.7. The summed E-state index contributed by atoms with van der Waals surface area (Å²) in [4.78, 5) is 12.3. The van der Waals surface area contributed by atoms with E-state index < -0.39 is 0 Å². The quantitative estimate of drug-likeness (QED) is 0.890. The Morgan fingerprint density at radius 2 is 1.95 bits per heavy atom. The van der Waals surface area contributed by atoms with Crippen LogP contribution in [0.2, 0.25) is 0 Å². The van der Waals surface area contributed by atoms with Crippen LogP contribution in [-0.4, -0.2) is 13.0 Å². The van der Waals surface area contributed by atoms with E-state index in [0.29, 0.717) is 13.2 Å². The second-order valence-corrected chi connectivity index (χ2v) is 5.52. The number of carbonyl (C=O) groups is 1. The number of rotatable bonds is 5. The monoisotopic (exact) mass is 296 g/mol. The number of hydrogen-bond donors (Lipinski definition) is 2. The highest BCUT2D eigenvalue weighted by Gasteiger charge is 2.13. The zero-order chi connectivity index (χ0) is 15.4. The molecular weight excluding hydrogens is 276 g/mol. The van der Waals surface area contributed by atoms with E-state index in [9.17, 15) is 4.79 Å². The molecule has 0 aromatic heterocycles. The molecule has 2 aromatic rings. The molecule has 0 unspecified atom stereocenters. The average Bonchev–Trinajstić information content (AvgIpc) is 3.01. The van der Waals surface area contributed by atoms with E-state index in [-0.39, 0.29) is 5.91 Å². The number of hydrogen-bond acceptors (Lipinski definition) is 3. The molecule has 0 bridgehead atoms. The van der Waals surface area contributed by atoms with E-state index >= 15 is 0 Å². The van der Waals surface area contributed by atoms with Crippen LogP contribution in [0, 0.1) is 0 Å². The Balaban J connectivity index is 1.63. The van der Waals surface area contributed by atoms with Gasteiger partial charge in [0.1, 0.15) is 0 Å². The molecule has 1 heterocycles. The van der Waals surface area contributed by atoms with E-state index in [2.05, 4.69) is 16.7 Å². The maximum absolute atomic E-state index is 12.3. The number of benzene rings is 2. The van der Waals surface area contributed by atoms with Crippen LogP contribution in [0.3, 0.4) is 0 Å². The first-order valence-corrected chi connectivity index (χ1v) is 7.44. The van der Waals surface area contributed by atoms with Crippen molar-refractivity contribution in [1.82, 2.24) is 10.6 Å². The standard InChI is InChI=1S/C18H20N2O2/c1-22-12-14-4-2-3-13(7-14)9-20-18(21)15-5-6-16-10-19-11-17(16)8-15/h2-8,19H,9-12H2,1H3,(H,20,21). The van der Waals surface area contributed by atoms with E-state index in [1.807, 2.05) is 36.4 Å². The molecule has 1 aliphatic heterocycles. The Hall–Kier alpha value is -2.17. The van der Waals surface area contributed by atoms with Gasteiger partial charge in [0, 0.05) is 32.3 Å². The molecule has 2 aromatic carbocycles. The van der Waals surface area contributed by atoms with Crippen LogP contribution >= 0.6 is 0 Å².